The Kier molecular flexibility index (Phi) is 5.30. The number of carbonyl (C=O) groups is 2. The van der Waals surface area contributed by atoms with Crippen LogP contribution in [0.3, 0.4) is 0 Å². The number of aromatic carboxylic acids is 1. The molecular weight excluding hydrogens is 274 g/mol. The molecule has 21 heavy (non-hydrogen) atoms. The summed E-state index contributed by atoms with van der Waals surface area (Å²) in [6.07, 6.45) is 0.997. The predicted molar refractivity (Wildman–Crippen MR) is 75.5 cm³/mol. The molecule has 0 spiro atoms. The van der Waals surface area contributed by atoms with E-state index in [1.807, 2.05) is 6.92 Å². The number of hydrogen-bond donors (Lipinski definition) is 2. The molecule has 2 rings (SSSR count). The Morgan fingerprint density at radius 1 is 1.38 bits per heavy atom. The molecule has 2 N–H and O–H groups in total. The van der Waals surface area contributed by atoms with Crippen molar-refractivity contribution in [3.63, 3.8) is 0 Å². The molecule has 1 aromatic rings. The molecule has 1 aromatic carbocycles. The van der Waals surface area contributed by atoms with E-state index in [4.69, 9.17) is 14.6 Å². The van der Waals surface area contributed by atoms with Crippen LogP contribution in [0.4, 0.5) is 0 Å². The summed E-state index contributed by atoms with van der Waals surface area (Å²) in [5, 5.41) is 11.6. The van der Waals surface area contributed by atoms with Gasteiger partial charge in [-0.15, -0.1) is 0 Å². The largest absolute Gasteiger partial charge is 0.478 e. The molecular formula is C15H19NO5. The second kappa shape index (κ2) is 7.19. The molecule has 0 bridgehead atoms. The number of hydrogen-bond acceptors (Lipinski definition) is 4. The fourth-order valence-electron chi connectivity index (χ4n) is 2.04. The van der Waals surface area contributed by atoms with Gasteiger partial charge >= 0.3 is 5.97 Å². The topological polar surface area (TPSA) is 84.9 Å². The van der Waals surface area contributed by atoms with Crippen molar-refractivity contribution in [3.8, 4) is 0 Å². The molecule has 6 nitrogen and oxygen atoms in total. The molecule has 1 fully saturated rings. The van der Waals surface area contributed by atoms with Crippen molar-refractivity contribution in [2.24, 2.45) is 0 Å². The lowest BCUT2D eigenvalue weighted by molar-refractivity contribution is 0.0318. The van der Waals surface area contributed by atoms with Gasteiger partial charge in [-0.2, -0.15) is 0 Å². The smallest absolute Gasteiger partial charge is 0.335 e. The van der Waals surface area contributed by atoms with Crippen molar-refractivity contribution in [2.45, 2.75) is 25.5 Å². The van der Waals surface area contributed by atoms with Gasteiger partial charge in [0, 0.05) is 18.2 Å². The average Bonchev–Trinajstić information content (AvgIpc) is 2.98. The summed E-state index contributed by atoms with van der Waals surface area (Å²) in [5.74, 6) is -1.26. The molecule has 114 valence electrons. The number of carboxylic acids is 1. The normalized spacial score (nSPS) is 19.2. The SMILES string of the molecule is CC(COC1CCOC1)NC(=O)c1ccc(C(=O)O)cc1. The third-order valence-electron chi connectivity index (χ3n) is 3.24. The maximum atomic E-state index is 12.0. The van der Waals surface area contributed by atoms with Crippen LogP contribution in [0, 0.1) is 0 Å². The Labute approximate surface area is 123 Å². The van der Waals surface area contributed by atoms with Crippen molar-refractivity contribution in [3.05, 3.63) is 35.4 Å². The number of carbonyl (C=O) groups excluding carboxylic acids is 1. The van der Waals surface area contributed by atoms with Crippen molar-refractivity contribution in [1.29, 1.82) is 0 Å². The molecule has 0 radical (unpaired) electrons. The van der Waals surface area contributed by atoms with Crippen LogP contribution >= 0.6 is 0 Å². The first-order valence-electron chi connectivity index (χ1n) is 6.90. The zero-order chi connectivity index (χ0) is 15.2. The van der Waals surface area contributed by atoms with Gasteiger partial charge in [0.05, 0.1) is 24.9 Å². The number of carboxylic acid groups (broad SMARTS) is 1. The summed E-state index contributed by atoms with van der Waals surface area (Å²) < 4.78 is 10.8. The van der Waals surface area contributed by atoms with E-state index < -0.39 is 5.97 Å². The molecule has 1 aliphatic rings. The highest BCUT2D eigenvalue weighted by molar-refractivity contribution is 5.96. The molecule has 1 amide bonds. The molecule has 1 aliphatic heterocycles. The Bertz CT molecular complexity index is 493. The Morgan fingerprint density at radius 3 is 2.62 bits per heavy atom. The highest BCUT2D eigenvalue weighted by Gasteiger charge is 2.18. The fourth-order valence-corrected chi connectivity index (χ4v) is 2.04. The van der Waals surface area contributed by atoms with Gasteiger partial charge < -0.3 is 19.9 Å². The van der Waals surface area contributed by atoms with Crippen LogP contribution < -0.4 is 5.32 Å². The quantitative estimate of drug-likeness (QED) is 0.826. The third kappa shape index (κ3) is 4.54. The summed E-state index contributed by atoms with van der Waals surface area (Å²) in [4.78, 5) is 22.7. The van der Waals surface area contributed by atoms with Gasteiger partial charge in [-0.25, -0.2) is 4.79 Å². The second-order valence-corrected chi connectivity index (χ2v) is 5.08. The van der Waals surface area contributed by atoms with Gasteiger partial charge in [0.15, 0.2) is 0 Å². The molecule has 0 saturated carbocycles. The van der Waals surface area contributed by atoms with E-state index in [1.165, 1.54) is 24.3 Å². The summed E-state index contributed by atoms with van der Waals surface area (Å²) in [6, 6.07) is 5.69. The van der Waals surface area contributed by atoms with Crippen LogP contribution in [0.1, 0.15) is 34.1 Å². The van der Waals surface area contributed by atoms with Gasteiger partial charge in [-0.3, -0.25) is 4.79 Å². The maximum Gasteiger partial charge on any atom is 0.335 e. The highest BCUT2D eigenvalue weighted by Crippen LogP contribution is 2.09. The molecule has 1 heterocycles. The Balaban J connectivity index is 1.80. The molecule has 6 heteroatoms. The average molecular weight is 293 g/mol. The highest BCUT2D eigenvalue weighted by atomic mass is 16.5. The van der Waals surface area contributed by atoms with Crippen molar-refractivity contribution < 1.29 is 24.2 Å². The van der Waals surface area contributed by atoms with Crippen molar-refractivity contribution in [2.75, 3.05) is 19.8 Å². The summed E-state index contributed by atoms with van der Waals surface area (Å²) >= 11 is 0. The second-order valence-electron chi connectivity index (χ2n) is 5.08. The maximum absolute atomic E-state index is 12.0. The lowest BCUT2D eigenvalue weighted by atomic mass is 10.1. The molecule has 2 unspecified atom stereocenters. The predicted octanol–water partition coefficient (Wildman–Crippen LogP) is 1.31. The third-order valence-corrected chi connectivity index (χ3v) is 3.24. The number of nitrogens with one attached hydrogen (secondary N) is 1. The van der Waals surface area contributed by atoms with Crippen LogP contribution in [0.15, 0.2) is 24.3 Å². The standard InChI is InChI=1S/C15H19NO5/c1-10(8-21-13-6-7-20-9-13)16-14(17)11-2-4-12(5-3-11)15(18)19/h2-5,10,13H,6-9H2,1H3,(H,16,17)(H,18,19). The minimum Gasteiger partial charge on any atom is -0.478 e. The first kappa shape index (κ1) is 15.5. The monoisotopic (exact) mass is 293 g/mol. The lowest BCUT2D eigenvalue weighted by Crippen LogP contribution is -2.37. The van der Waals surface area contributed by atoms with Gasteiger partial charge in [0.2, 0.25) is 0 Å². The molecule has 2 atom stereocenters. The first-order valence-corrected chi connectivity index (χ1v) is 6.90. The summed E-state index contributed by atoms with van der Waals surface area (Å²) in [6.45, 7) is 3.62. The van der Waals surface area contributed by atoms with Crippen molar-refractivity contribution >= 4 is 11.9 Å². The number of amides is 1. The zero-order valence-electron chi connectivity index (χ0n) is 11.9. The van der Waals surface area contributed by atoms with Crippen LogP contribution in [0.2, 0.25) is 0 Å². The van der Waals surface area contributed by atoms with E-state index in [0.717, 1.165) is 13.0 Å². The van der Waals surface area contributed by atoms with Crippen LogP contribution in [0.5, 0.6) is 0 Å². The van der Waals surface area contributed by atoms with Gasteiger partial charge in [-0.1, -0.05) is 0 Å². The van der Waals surface area contributed by atoms with E-state index in [1.54, 1.807) is 0 Å². The van der Waals surface area contributed by atoms with Crippen LogP contribution in [-0.4, -0.2) is 48.9 Å². The fraction of sp³-hybridized carbons (Fsp3) is 0.467. The molecule has 1 saturated heterocycles. The van der Waals surface area contributed by atoms with Gasteiger partial charge in [-0.05, 0) is 37.6 Å². The van der Waals surface area contributed by atoms with E-state index in [9.17, 15) is 9.59 Å². The van der Waals surface area contributed by atoms with E-state index >= 15 is 0 Å². The number of ether oxygens (including phenoxy) is 2. The number of benzene rings is 1. The Hall–Kier alpha value is -1.92. The van der Waals surface area contributed by atoms with E-state index in [0.29, 0.717) is 18.8 Å². The minimum absolute atomic E-state index is 0.110. The van der Waals surface area contributed by atoms with E-state index in [2.05, 4.69) is 5.32 Å². The number of rotatable bonds is 6. The molecule has 0 aliphatic carbocycles. The zero-order valence-corrected chi connectivity index (χ0v) is 11.9. The first-order chi connectivity index (χ1) is 10.1. The van der Waals surface area contributed by atoms with Crippen molar-refractivity contribution in [1.82, 2.24) is 5.32 Å². The summed E-state index contributed by atoms with van der Waals surface area (Å²) in [7, 11) is 0. The van der Waals surface area contributed by atoms with Gasteiger partial charge in [0.1, 0.15) is 0 Å². The lowest BCUT2D eigenvalue weighted by Gasteiger charge is -2.17. The van der Waals surface area contributed by atoms with Crippen LogP contribution in [0.25, 0.3) is 0 Å². The summed E-state index contributed by atoms with van der Waals surface area (Å²) in [5.41, 5.74) is 0.584. The van der Waals surface area contributed by atoms with Crippen LogP contribution in [-0.2, 0) is 9.47 Å². The van der Waals surface area contributed by atoms with E-state index in [-0.39, 0.29) is 23.6 Å². The Morgan fingerprint density at radius 2 is 2.05 bits per heavy atom. The molecule has 0 aromatic heterocycles. The van der Waals surface area contributed by atoms with Gasteiger partial charge in [0.25, 0.3) is 5.91 Å². The minimum atomic E-state index is -1.01.